The zero-order chi connectivity index (χ0) is 18.7. The summed E-state index contributed by atoms with van der Waals surface area (Å²) in [5, 5.41) is 13.8. The van der Waals surface area contributed by atoms with Crippen molar-refractivity contribution in [1.29, 1.82) is 0 Å². The number of rotatable bonds is 6. The van der Waals surface area contributed by atoms with E-state index in [2.05, 4.69) is 16.6 Å². The molecule has 1 aliphatic carbocycles. The van der Waals surface area contributed by atoms with Crippen LogP contribution in [0.25, 0.3) is 5.52 Å². The number of carbonyl (C=O) groups excluding carboxylic acids is 1. The highest BCUT2D eigenvalue weighted by Crippen LogP contribution is 2.31. The molecule has 5 heteroatoms. The van der Waals surface area contributed by atoms with Crippen molar-refractivity contribution < 1.29 is 14.6 Å². The second-order valence-electron chi connectivity index (χ2n) is 7.81. The lowest BCUT2D eigenvalue weighted by Crippen LogP contribution is -2.45. The van der Waals surface area contributed by atoms with Gasteiger partial charge in [-0.25, -0.2) is 0 Å². The van der Waals surface area contributed by atoms with Crippen molar-refractivity contribution in [3.8, 4) is 0 Å². The van der Waals surface area contributed by atoms with Gasteiger partial charge < -0.3 is 19.6 Å². The number of aryl methyl sites for hydroxylation is 1. The molecule has 142 valence electrons. The first-order valence-corrected chi connectivity index (χ1v) is 9.52. The zero-order valence-electron chi connectivity index (χ0n) is 16.0. The average Bonchev–Trinajstić information content (AvgIpc) is 2.98. The van der Waals surface area contributed by atoms with Gasteiger partial charge in [-0.1, -0.05) is 25.8 Å². The van der Waals surface area contributed by atoms with Gasteiger partial charge in [0.1, 0.15) is 0 Å². The largest absolute Gasteiger partial charge is 0.388 e. The van der Waals surface area contributed by atoms with Crippen LogP contribution < -0.4 is 5.32 Å². The maximum atomic E-state index is 12.9. The molecule has 26 heavy (non-hydrogen) atoms. The molecule has 0 spiro atoms. The summed E-state index contributed by atoms with van der Waals surface area (Å²) in [6.45, 7) is 5.10. The Morgan fingerprint density at radius 2 is 2.31 bits per heavy atom. The van der Waals surface area contributed by atoms with E-state index in [1.807, 2.05) is 31.3 Å². The summed E-state index contributed by atoms with van der Waals surface area (Å²) in [6, 6.07) is 5.96. The number of aliphatic hydroxyl groups is 1. The van der Waals surface area contributed by atoms with Crippen LogP contribution in [-0.4, -0.2) is 41.3 Å². The lowest BCUT2D eigenvalue weighted by molar-refractivity contribution is -0.0109. The van der Waals surface area contributed by atoms with Gasteiger partial charge in [0, 0.05) is 32.0 Å². The summed E-state index contributed by atoms with van der Waals surface area (Å²) in [5.74, 6) is 0.385. The van der Waals surface area contributed by atoms with E-state index in [4.69, 9.17) is 4.74 Å². The minimum absolute atomic E-state index is 0.118. The lowest BCUT2D eigenvalue weighted by atomic mass is 9.79. The number of amides is 1. The standard InChI is InChI=1S/C21H30N2O3/c1-15-6-4-9-21(25,13-15)14-22-20(24)18-12-17(8-11-26-3)23-10-5-7-16(2)19(18)23/h5,7,10,12,15,25H,4,6,8-9,11,13-14H2,1-3H3,(H,22,24)/t15?,21-/m1/s1. The van der Waals surface area contributed by atoms with Crippen molar-refractivity contribution in [2.75, 3.05) is 20.3 Å². The minimum Gasteiger partial charge on any atom is -0.388 e. The van der Waals surface area contributed by atoms with Crippen molar-refractivity contribution in [1.82, 2.24) is 9.72 Å². The van der Waals surface area contributed by atoms with Crippen LogP contribution in [0.1, 0.15) is 54.2 Å². The molecule has 0 bridgehead atoms. The van der Waals surface area contributed by atoms with Crippen LogP contribution in [0.5, 0.6) is 0 Å². The summed E-state index contributed by atoms with van der Waals surface area (Å²) in [5.41, 5.74) is 2.94. The Hall–Kier alpha value is -1.85. The number of hydrogen-bond donors (Lipinski definition) is 2. The first kappa shape index (κ1) is 18.9. The summed E-state index contributed by atoms with van der Waals surface area (Å²) in [7, 11) is 1.68. The highest BCUT2D eigenvalue weighted by atomic mass is 16.5. The van der Waals surface area contributed by atoms with Gasteiger partial charge in [-0.2, -0.15) is 0 Å². The Balaban J connectivity index is 1.81. The molecular formula is C21H30N2O3. The predicted octanol–water partition coefficient (Wildman–Crippen LogP) is 3.11. The fourth-order valence-corrected chi connectivity index (χ4v) is 4.21. The maximum absolute atomic E-state index is 12.9. The normalized spacial score (nSPS) is 23.3. The third-order valence-electron chi connectivity index (χ3n) is 5.52. The molecule has 1 aliphatic rings. The number of fused-ring (bicyclic) bond motifs is 1. The molecule has 0 aromatic carbocycles. The molecule has 3 rings (SSSR count). The quantitative estimate of drug-likeness (QED) is 0.834. The van der Waals surface area contributed by atoms with Crippen molar-refractivity contribution in [2.24, 2.45) is 5.92 Å². The zero-order valence-corrected chi connectivity index (χ0v) is 16.0. The van der Waals surface area contributed by atoms with Gasteiger partial charge in [-0.3, -0.25) is 4.79 Å². The van der Waals surface area contributed by atoms with E-state index in [9.17, 15) is 9.90 Å². The molecule has 2 aromatic rings. The molecule has 1 saturated carbocycles. The molecule has 1 fully saturated rings. The molecular weight excluding hydrogens is 328 g/mol. The van der Waals surface area contributed by atoms with Crippen LogP contribution in [0.4, 0.5) is 0 Å². The van der Waals surface area contributed by atoms with E-state index < -0.39 is 5.60 Å². The molecule has 1 unspecified atom stereocenters. The van der Waals surface area contributed by atoms with Crippen LogP contribution in [0, 0.1) is 12.8 Å². The maximum Gasteiger partial charge on any atom is 0.253 e. The lowest BCUT2D eigenvalue weighted by Gasteiger charge is -2.35. The number of pyridine rings is 1. The van der Waals surface area contributed by atoms with E-state index in [0.29, 0.717) is 24.6 Å². The van der Waals surface area contributed by atoms with Crippen LogP contribution in [0.3, 0.4) is 0 Å². The highest BCUT2D eigenvalue weighted by Gasteiger charge is 2.33. The van der Waals surface area contributed by atoms with Gasteiger partial charge in [0.2, 0.25) is 0 Å². The molecule has 5 nitrogen and oxygen atoms in total. The fraction of sp³-hybridized carbons (Fsp3) is 0.571. The average molecular weight is 358 g/mol. The highest BCUT2D eigenvalue weighted by molar-refractivity contribution is 6.02. The van der Waals surface area contributed by atoms with E-state index >= 15 is 0 Å². The molecule has 0 saturated heterocycles. The van der Waals surface area contributed by atoms with Crippen LogP contribution in [0.15, 0.2) is 24.4 Å². The van der Waals surface area contributed by atoms with Gasteiger partial charge in [-0.15, -0.1) is 0 Å². The van der Waals surface area contributed by atoms with Crippen molar-refractivity contribution in [3.63, 3.8) is 0 Å². The van der Waals surface area contributed by atoms with Gasteiger partial charge in [0.05, 0.1) is 23.3 Å². The monoisotopic (exact) mass is 358 g/mol. The number of methoxy groups -OCH3 is 1. The second-order valence-corrected chi connectivity index (χ2v) is 7.81. The molecule has 2 N–H and O–H groups in total. The SMILES string of the molecule is COCCc1cc(C(=O)NC[C@@]2(O)CCCC(C)C2)c2c(C)cccn12. The molecule has 0 aliphatic heterocycles. The first-order valence-electron chi connectivity index (χ1n) is 9.52. The van der Waals surface area contributed by atoms with Crippen molar-refractivity contribution >= 4 is 11.4 Å². The molecule has 2 aromatic heterocycles. The van der Waals surface area contributed by atoms with Crippen molar-refractivity contribution in [3.05, 3.63) is 41.2 Å². The Labute approximate surface area is 155 Å². The molecule has 2 heterocycles. The number of ether oxygens (including phenoxy) is 1. The van der Waals surface area contributed by atoms with E-state index in [0.717, 1.165) is 48.9 Å². The summed E-state index contributed by atoms with van der Waals surface area (Å²) in [4.78, 5) is 12.9. The van der Waals surface area contributed by atoms with Gasteiger partial charge >= 0.3 is 0 Å². The third kappa shape index (κ3) is 3.94. The predicted molar refractivity (Wildman–Crippen MR) is 103 cm³/mol. The van der Waals surface area contributed by atoms with E-state index in [1.54, 1.807) is 7.11 Å². The van der Waals surface area contributed by atoms with Crippen LogP contribution in [-0.2, 0) is 11.2 Å². The van der Waals surface area contributed by atoms with E-state index in [1.165, 1.54) is 0 Å². The Morgan fingerprint density at radius 1 is 1.50 bits per heavy atom. The molecule has 0 radical (unpaired) electrons. The smallest absolute Gasteiger partial charge is 0.253 e. The van der Waals surface area contributed by atoms with Crippen LogP contribution >= 0.6 is 0 Å². The Morgan fingerprint density at radius 3 is 3.04 bits per heavy atom. The molecule has 2 atom stereocenters. The number of nitrogens with one attached hydrogen (secondary N) is 1. The van der Waals surface area contributed by atoms with Gasteiger partial charge in [-0.05, 0) is 43.4 Å². The third-order valence-corrected chi connectivity index (χ3v) is 5.52. The summed E-state index contributed by atoms with van der Waals surface area (Å²) < 4.78 is 7.27. The van der Waals surface area contributed by atoms with Gasteiger partial charge in [0.25, 0.3) is 5.91 Å². The summed E-state index contributed by atoms with van der Waals surface area (Å²) >= 11 is 0. The first-order chi connectivity index (χ1) is 12.4. The van der Waals surface area contributed by atoms with Crippen molar-refractivity contribution in [2.45, 2.75) is 51.6 Å². The van der Waals surface area contributed by atoms with E-state index in [-0.39, 0.29) is 5.91 Å². The number of carbonyl (C=O) groups is 1. The molecule has 1 amide bonds. The Kier molecular flexibility index (Phi) is 5.68. The van der Waals surface area contributed by atoms with Crippen LogP contribution in [0.2, 0.25) is 0 Å². The fourth-order valence-electron chi connectivity index (χ4n) is 4.21. The summed E-state index contributed by atoms with van der Waals surface area (Å²) in [6.07, 6.45) is 6.41. The Bertz CT molecular complexity index is 783. The number of aromatic nitrogens is 1. The second kappa shape index (κ2) is 7.80. The van der Waals surface area contributed by atoms with Gasteiger partial charge in [0.15, 0.2) is 0 Å². The minimum atomic E-state index is -0.781. The topological polar surface area (TPSA) is 63.0 Å². The number of hydrogen-bond acceptors (Lipinski definition) is 3. The number of nitrogens with zero attached hydrogens (tertiary/aromatic N) is 1.